The molecule has 2 unspecified atom stereocenters. The number of anilines is 3. The Morgan fingerprint density at radius 2 is 1.68 bits per heavy atom. The van der Waals surface area contributed by atoms with Crippen LogP contribution in [0.2, 0.25) is 0 Å². The van der Waals surface area contributed by atoms with E-state index in [1.807, 2.05) is 18.2 Å². The molecular weight excluding hydrogens is 623 g/mol. The summed E-state index contributed by atoms with van der Waals surface area (Å²) >= 11 is 4.68. The number of imide groups is 1. The first kappa shape index (κ1) is 31.2. The van der Waals surface area contributed by atoms with Gasteiger partial charge in [-0.1, -0.05) is 6.07 Å². The first-order chi connectivity index (χ1) is 22.7. The number of aromatic hydroxyl groups is 1. The second-order valence-electron chi connectivity index (χ2n) is 12.7. The number of fused-ring (bicyclic) bond motifs is 1. The molecule has 1 aromatic heterocycles. The van der Waals surface area contributed by atoms with E-state index in [1.165, 1.54) is 23.1 Å². The highest BCUT2D eigenvalue weighted by atomic mass is 32.1. The fourth-order valence-electron chi connectivity index (χ4n) is 7.21. The number of rotatable bonds is 6. The number of nitrogens with two attached hydrogens (primary N) is 1. The van der Waals surface area contributed by atoms with E-state index in [0.29, 0.717) is 29.4 Å². The Bertz CT molecular complexity index is 1730. The van der Waals surface area contributed by atoms with Gasteiger partial charge in [0.25, 0.3) is 5.91 Å². The minimum Gasteiger partial charge on any atom is -0.507 e. The van der Waals surface area contributed by atoms with Gasteiger partial charge in [0, 0.05) is 69.0 Å². The number of phenolic OH excluding ortho intramolecular Hbond substituents is 1. The van der Waals surface area contributed by atoms with Gasteiger partial charge in [-0.25, -0.2) is 4.39 Å². The van der Waals surface area contributed by atoms with Crippen molar-refractivity contribution in [3.8, 4) is 17.0 Å². The van der Waals surface area contributed by atoms with Crippen molar-refractivity contribution in [3.63, 3.8) is 0 Å². The molecular formula is C33H37FN8O4S. The van der Waals surface area contributed by atoms with E-state index in [9.17, 15) is 23.9 Å². The van der Waals surface area contributed by atoms with Crippen molar-refractivity contribution in [2.45, 2.75) is 37.1 Å². The average Bonchev–Trinajstić information content (AvgIpc) is 3.31. The SMILES string of the molecule is Nc1nnc(-c2cc(F)ccc2O)cc1N1CCN(CC2CCN(c3ccc4c(c3)C(=O)N(C3CCC(=O)NC3=O)C4S)CC2)CC1. The minimum absolute atomic E-state index is 0.0697. The molecule has 0 aliphatic carbocycles. The number of thiol groups is 1. The quantitative estimate of drug-likeness (QED) is 0.230. The smallest absolute Gasteiger partial charge is 0.256 e. The first-order valence-electron chi connectivity index (χ1n) is 16.0. The third-order valence-electron chi connectivity index (χ3n) is 9.83. The molecule has 5 heterocycles. The second kappa shape index (κ2) is 12.6. The number of carbonyl (C=O) groups is 3. The number of aromatic nitrogens is 2. The molecule has 246 valence electrons. The summed E-state index contributed by atoms with van der Waals surface area (Å²) in [5.74, 6) is -0.671. The van der Waals surface area contributed by atoms with Crippen LogP contribution in [0.4, 0.5) is 21.6 Å². The number of piperazine rings is 1. The molecule has 0 saturated carbocycles. The first-order valence-corrected chi connectivity index (χ1v) is 16.5. The molecule has 14 heteroatoms. The van der Waals surface area contributed by atoms with Gasteiger partial charge in [0.05, 0.1) is 11.4 Å². The van der Waals surface area contributed by atoms with Crippen LogP contribution in [0.5, 0.6) is 5.75 Å². The monoisotopic (exact) mass is 660 g/mol. The normalized spacial score (nSPS) is 22.5. The summed E-state index contributed by atoms with van der Waals surface area (Å²) in [5.41, 5.74) is 9.89. The van der Waals surface area contributed by atoms with Gasteiger partial charge in [0.2, 0.25) is 11.8 Å². The van der Waals surface area contributed by atoms with Crippen molar-refractivity contribution < 1.29 is 23.9 Å². The van der Waals surface area contributed by atoms with E-state index >= 15 is 0 Å². The van der Waals surface area contributed by atoms with Gasteiger partial charge in [0.1, 0.15) is 23.0 Å². The molecule has 3 aromatic rings. The van der Waals surface area contributed by atoms with Crippen LogP contribution in [0.25, 0.3) is 11.3 Å². The molecule has 4 N–H and O–H groups in total. The van der Waals surface area contributed by atoms with Crippen LogP contribution in [0.15, 0.2) is 42.5 Å². The molecule has 4 aliphatic heterocycles. The van der Waals surface area contributed by atoms with Crippen LogP contribution in [0, 0.1) is 11.7 Å². The van der Waals surface area contributed by atoms with E-state index < -0.39 is 23.1 Å². The van der Waals surface area contributed by atoms with E-state index in [-0.39, 0.29) is 29.5 Å². The lowest BCUT2D eigenvalue weighted by Crippen LogP contribution is -2.53. The van der Waals surface area contributed by atoms with Gasteiger partial charge < -0.3 is 25.5 Å². The molecule has 12 nitrogen and oxygen atoms in total. The lowest BCUT2D eigenvalue weighted by Gasteiger charge is -2.40. The number of carbonyl (C=O) groups excluding carboxylic acids is 3. The van der Waals surface area contributed by atoms with Crippen LogP contribution in [0.1, 0.15) is 47.0 Å². The largest absolute Gasteiger partial charge is 0.507 e. The number of benzene rings is 2. The molecule has 7 rings (SSSR count). The maximum absolute atomic E-state index is 13.8. The fourth-order valence-corrected chi connectivity index (χ4v) is 7.70. The fraction of sp³-hybridized carbons (Fsp3) is 0.424. The summed E-state index contributed by atoms with van der Waals surface area (Å²) in [4.78, 5) is 46.0. The maximum atomic E-state index is 13.8. The standard InChI is InChI=1S/C33H37FN8O4S/c34-20-1-5-28(43)24(15-20)25-17-27(30(35)38-37-25)41-13-11-39(12-14-41)18-19-7-9-40(10-8-19)21-2-3-22-23(16-21)32(46)42(33(22)47)26-4-6-29(44)36-31(26)45/h1-3,5,15-17,19,26,33,43,47H,4,6-14,18H2,(H2,35,38)(H,36,44,45). The molecule has 0 spiro atoms. The zero-order valence-electron chi connectivity index (χ0n) is 25.8. The summed E-state index contributed by atoms with van der Waals surface area (Å²) in [7, 11) is 0. The number of hydrogen-bond donors (Lipinski definition) is 4. The third-order valence-corrected chi connectivity index (χ3v) is 10.4. The Morgan fingerprint density at radius 1 is 0.915 bits per heavy atom. The predicted molar refractivity (Wildman–Crippen MR) is 178 cm³/mol. The third kappa shape index (κ3) is 6.07. The molecule has 3 fully saturated rings. The van der Waals surface area contributed by atoms with Gasteiger partial charge in [-0.2, -0.15) is 0 Å². The van der Waals surface area contributed by atoms with E-state index in [2.05, 4.69) is 42.8 Å². The highest BCUT2D eigenvalue weighted by Gasteiger charge is 2.44. The molecule has 3 saturated heterocycles. The predicted octanol–water partition coefficient (Wildman–Crippen LogP) is 2.80. The van der Waals surface area contributed by atoms with Gasteiger partial charge in [0.15, 0.2) is 5.82 Å². The molecule has 0 radical (unpaired) electrons. The van der Waals surface area contributed by atoms with Crippen LogP contribution in [-0.2, 0) is 9.59 Å². The summed E-state index contributed by atoms with van der Waals surface area (Å²) in [6.45, 7) is 6.01. The zero-order valence-corrected chi connectivity index (χ0v) is 26.7. The summed E-state index contributed by atoms with van der Waals surface area (Å²) in [6, 6.07) is 10.7. The highest BCUT2D eigenvalue weighted by Crippen LogP contribution is 2.41. The lowest BCUT2D eigenvalue weighted by molar-refractivity contribution is -0.137. The molecule has 0 bridgehead atoms. The van der Waals surface area contributed by atoms with E-state index in [0.717, 1.165) is 75.6 Å². The lowest BCUT2D eigenvalue weighted by atomic mass is 9.95. The Kier molecular flexibility index (Phi) is 8.39. The Balaban J connectivity index is 0.929. The van der Waals surface area contributed by atoms with E-state index in [4.69, 9.17) is 5.73 Å². The average molecular weight is 661 g/mol. The van der Waals surface area contributed by atoms with Gasteiger partial charge >= 0.3 is 0 Å². The van der Waals surface area contributed by atoms with Gasteiger partial charge in [-0.3, -0.25) is 24.6 Å². The number of halogens is 1. The number of nitrogen functional groups attached to an aromatic ring is 1. The number of amides is 3. The van der Waals surface area contributed by atoms with Crippen molar-refractivity contribution in [1.82, 2.24) is 25.3 Å². The summed E-state index contributed by atoms with van der Waals surface area (Å²) in [6.07, 6.45) is 2.57. The van der Waals surface area contributed by atoms with Crippen LogP contribution in [-0.4, -0.2) is 94.7 Å². The van der Waals surface area contributed by atoms with Gasteiger partial charge in [-0.15, -0.1) is 22.8 Å². The van der Waals surface area contributed by atoms with Gasteiger partial charge in [-0.05, 0) is 67.1 Å². The summed E-state index contributed by atoms with van der Waals surface area (Å²) < 4.78 is 13.8. The Morgan fingerprint density at radius 3 is 2.43 bits per heavy atom. The zero-order chi connectivity index (χ0) is 32.8. The van der Waals surface area contributed by atoms with Crippen LogP contribution in [0.3, 0.4) is 0 Å². The molecule has 47 heavy (non-hydrogen) atoms. The van der Waals surface area contributed by atoms with Crippen molar-refractivity contribution in [3.05, 3.63) is 59.4 Å². The topological polar surface area (TPSA) is 148 Å². The number of nitrogens with one attached hydrogen (secondary N) is 1. The van der Waals surface area contributed by atoms with Crippen molar-refractivity contribution in [2.24, 2.45) is 5.92 Å². The molecule has 2 aromatic carbocycles. The minimum atomic E-state index is -0.706. The Labute approximate surface area is 277 Å². The summed E-state index contributed by atoms with van der Waals surface area (Å²) in [5, 5.41) is 20.2. The number of phenols is 1. The van der Waals surface area contributed by atoms with Crippen molar-refractivity contribution in [1.29, 1.82) is 0 Å². The van der Waals surface area contributed by atoms with Crippen molar-refractivity contribution in [2.75, 3.05) is 61.3 Å². The number of piperidine rings is 2. The second-order valence-corrected chi connectivity index (χ2v) is 13.2. The van der Waals surface area contributed by atoms with E-state index in [1.54, 1.807) is 6.07 Å². The maximum Gasteiger partial charge on any atom is 0.256 e. The highest BCUT2D eigenvalue weighted by molar-refractivity contribution is 7.80. The molecule has 4 aliphatic rings. The van der Waals surface area contributed by atoms with Crippen LogP contribution < -0.4 is 20.9 Å². The molecule has 2 atom stereocenters. The Hall–Kier alpha value is -4.43. The van der Waals surface area contributed by atoms with Crippen LogP contribution >= 0.6 is 12.6 Å². The van der Waals surface area contributed by atoms with Crippen molar-refractivity contribution >= 4 is 47.5 Å². The molecule has 3 amide bonds. The number of hydrogen-bond acceptors (Lipinski definition) is 11. The number of nitrogens with zero attached hydrogens (tertiary/aromatic N) is 6.